The van der Waals surface area contributed by atoms with Gasteiger partial charge in [-0.3, -0.25) is 9.36 Å². The summed E-state index contributed by atoms with van der Waals surface area (Å²) in [7, 11) is 0. The fraction of sp³-hybridized carbons (Fsp3) is 0.545. The summed E-state index contributed by atoms with van der Waals surface area (Å²) in [6.07, 6.45) is 6.85. The van der Waals surface area contributed by atoms with Crippen LogP contribution in [0.3, 0.4) is 0 Å². The minimum atomic E-state index is -0.700. The Kier molecular flexibility index (Phi) is 9.33. The van der Waals surface area contributed by atoms with Gasteiger partial charge >= 0.3 is 6.16 Å². The number of carbonyl (C=O) groups is 1. The molecule has 4 heterocycles. The number of aryl methyl sites for hydroxylation is 1. The fourth-order valence-corrected chi connectivity index (χ4v) is 6.28. The lowest BCUT2D eigenvalue weighted by Gasteiger charge is -2.43. The van der Waals surface area contributed by atoms with Crippen molar-refractivity contribution in [1.82, 2.24) is 24.6 Å². The molecular weight excluding hydrogens is 574 g/mol. The molecule has 1 aliphatic carbocycles. The Morgan fingerprint density at radius 1 is 1.09 bits per heavy atom. The maximum Gasteiger partial charge on any atom is 0.528 e. The Bertz CT molecular complexity index is 1600. The van der Waals surface area contributed by atoms with E-state index < -0.39 is 11.8 Å². The standard InChI is InChI=1S/C33H45N7O5/c1-9-43-23(5)28-22(4)26-17-35-31(37-29(26)39(30(28)41)24-12-10-11-13-24)36-27-15-14-25(16-34-27)38-18-20(2)40(21(3)19-38)45-32(42)44-33(6,7)8/h14-17,20-21,24H,5,9-13,18-19H2,1-4,6-8H3,(H,34,35,36,37). The Labute approximate surface area is 264 Å². The van der Waals surface area contributed by atoms with Gasteiger partial charge in [-0.2, -0.15) is 4.98 Å². The van der Waals surface area contributed by atoms with Gasteiger partial charge in [-0.05, 0) is 79.0 Å². The zero-order chi connectivity index (χ0) is 32.5. The smallest absolute Gasteiger partial charge is 0.494 e. The van der Waals surface area contributed by atoms with Gasteiger partial charge in [-0.1, -0.05) is 19.4 Å². The van der Waals surface area contributed by atoms with Gasteiger partial charge in [-0.15, -0.1) is 5.06 Å². The molecule has 12 heteroatoms. The summed E-state index contributed by atoms with van der Waals surface area (Å²) in [6.45, 7) is 19.0. The largest absolute Gasteiger partial charge is 0.528 e. The molecule has 1 saturated carbocycles. The molecule has 2 fully saturated rings. The first-order valence-corrected chi connectivity index (χ1v) is 15.8. The highest BCUT2D eigenvalue weighted by atomic mass is 16.8. The lowest BCUT2D eigenvalue weighted by Crippen LogP contribution is -2.57. The zero-order valence-corrected chi connectivity index (χ0v) is 27.4. The summed E-state index contributed by atoms with van der Waals surface area (Å²) in [4.78, 5) is 47.9. The number of anilines is 3. The Morgan fingerprint density at radius 3 is 2.38 bits per heavy atom. The molecule has 3 aromatic heterocycles. The van der Waals surface area contributed by atoms with Crippen LogP contribution in [-0.2, 0) is 14.3 Å². The number of hydroxylamine groups is 2. The SMILES string of the molecule is C=C(OCC)c1c(C)c2cnc(Nc3ccc(N4CC(C)N(OC(=O)OC(C)(C)C)C(C)C4)cn3)nc2n(C2CCCC2)c1=O. The van der Waals surface area contributed by atoms with Crippen LogP contribution in [-0.4, -0.2) is 68.1 Å². The maximum atomic E-state index is 13.8. The second kappa shape index (κ2) is 13.0. The van der Waals surface area contributed by atoms with Crippen molar-refractivity contribution >= 4 is 40.4 Å². The molecule has 2 unspecified atom stereocenters. The fourth-order valence-electron chi connectivity index (χ4n) is 6.28. The van der Waals surface area contributed by atoms with Gasteiger partial charge < -0.3 is 24.5 Å². The molecule has 1 aliphatic heterocycles. The van der Waals surface area contributed by atoms with Crippen molar-refractivity contribution in [3.8, 4) is 0 Å². The lowest BCUT2D eigenvalue weighted by molar-refractivity contribution is -0.187. The molecule has 1 N–H and O–H groups in total. The molecule has 0 bridgehead atoms. The predicted octanol–water partition coefficient (Wildman–Crippen LogP) is 6.13. The second-order valence-corrected chi connectivity index (χ2v) is 12.9. The molecule has 2 aliphatic rings. The van der Waals surface area contributed by atoms with Gasteiger partial charge in [0.1, 0.15) is 22.8 Å². The number of hydrogen-bond acceptors (Lipinski definition) is 11. The van der Waals surface area contributed by atoms with Crippen molar-refractivity contribution in [3.63, 3.8) is 0 Å². The molecular formula is C33H45N7O5. The molecule has 0 spiro atoms. The second-order valence-electron chi connectivity index (χ2n) is 12.9. The van der Waals surface area contributed by atoms with Crippen LogP contribution < -0.4 is 15.8 Å². The number of fused-ring (bicyclic) bond motifs is 1. The van der Waals surface area contributed by atoms with E-state index in [1.54, 1.807) is 17.5 Å². The number of rotatable bonds is 8. The van der Waals surface area contributed by atoms with Gasteiger partial charge in [0.15, 0.2) is 0 Å². The van der Waals surface area contributed by atoms with Crippen molar-refractivity contribution in [3.05, 3.63) is 52.6 Å². The predicted molar refractivity (Wildman–Crippen MR) is 175 cm³/mol. The Hall–Kier alpha value is -4.19. The van der Waals surface area contributed by atoms with Crippen molar-refractivity contribution in [2.75, 3.05) is 29.9 Å². The van der Waals surface area contributed by atoms with E-state index in [1.807, 2.05) is 65.2 Å². The number of ether oxygens (including phenoxy) is 2. The molecule has 242 valence electrons. The minimum Gasteiger partial charge on any atom is -0.494 e. The zero-order valence-electron chi connectivity index (χ0n) is 27.4. The number of aromatic nitrogens is 4. The molecule has 5 rings (SSSR count). The highest BCUT2D eigenvalue weighted by Crippen LogP contribution is 2.33. The molecule has 45 heavy (non-hydrogen) atoms. The highest BCUT2D eigenvalue weighted by Gasteiger charge is 2.34. The molecule has 0 aromatic carbocycles. The van der Waals surface area contributed by atoms with Crippen LogP contribution in [0.25, 0.3) is 16.8 Å². The number of piperazine rings is 1. The van der Waals surface area contributed by atoms with E-state index in [2.05, 4.69) is 26.8 Å². The van der Waals surface area contributed by atoms with Crippen molar-refractivity contribution < 1.29 is 19.1 Å². The summed E-state index contributed by atoms with van der Waals surface area (Å²) in [5, 5.41) is 5.71. The summed E-state index contributed by atoms with van der Waals surface area (Å²) in [5.41, 5.74) is 2.04. The monoisotopic (exact) mass is 619 g/mol. The van der Waals surface area contributed by atoms with Gasteiger partial charge in [-0.25, -0.2) is 14.8 Å². The van der Waals surface area contributed by atoms with Crippen LogP contribution in [0.4, 0.5) is 22.2 Å². The first-order valence-electron chi connectivity index (χ1n) is 15.8. The van der Waals surface area contributed by atoms with Crippen LogP contribution in [0.15, 0.2) is 35.9 Å². The highest BCUT2D eigenvalue weighted by molar-refractivity contribution is 5.84. The molecule has 3 aromatic rings. The molecule has 2 atom stereocenters. The van der Waals surface area contributed by atoms with E-state index in [0.29, 0.717) is 48.4 Å². The molecule has 0 amide bonds. The third-order valence-electron chi connectivity index (χ3n) is 8.26. The summed E-state index contributed by atoms with van der Waals surface area (Å²) >= 11 is 0. The maximum absolute atomic E-state index is 13.8. The van der Waals surface area contributed by atoms with Crippen molar-refractivity contribution in [2.24, 2.45) is 0 Å². The Morgan fingerprint density at radius 2 is 1.78 bits per heavy atom. The number of nitrogens with one attached hydrogen (secondary N) is 1. The Balaban J connectivity index is 1.34. The van der Waals surface area contributed by atoms with Crippen LogP contribution in [0.1, 0.15) is 84.4 Å². The van der Waals surface area contributed by atoms with E-state index in [-0.39, 0.29) is 23.7 Å². The van der Waals surface area contributed by atoms with E-state index in [1.165, 1.54) is 0 Å². The van der Waals surface area contributed by atoms with Crippen LogP contribution in [0.2, 0.25) is 0 Å². The average Bonchev–Trinajstić information content (AvgIpc) is 3.49. The first kappa shape index (κ1) is 32.2. The number of nitrogens with zero attached hydrogens (tertiary/aromatic N) is 6. The summed E-state index contributed by atoms with van der Waals surface area (Å²) in [6, 6.07) is 3.82. The molecule has 12 nitrogen and oxygen atoms in total. The van der Waals surface area contributed by atoms with E-state index in [4.69, 9.17) is 19.3 Å². The van der Waals surface area contributed by atoms with Gasteiger partial charge in [0, 0.05) is 30.7 Å². The van der Waals surface area contributed by atoms with Gasteiger partial charge in [0.2, 0.25) is 5.95 Å². The lowest BCUT2D eigenvalue weighted by atomic mass is 10.0. The minimum absolute atomic E-state index is 0.0581. The van der Waals surface area contributed by atoms with E-state index in [9.17, 15) is 9.59 Å². The number of pyridine rings is 2. The van der Waals surface area contributed by atoms with E-state index >= 15 is 0 Å². The van der Waals surface area contributed by atoms with Gasteiger partial charge in [0.25, 0.3) is 5.56 Å². The number of hydrogen-bond donors (Lipinski definition) is 1. The third kappa shape index (κ3) is 7.06. The van der Waals surface area contributed by atoms with Crippen LogP contribution >= 0.6 is 0 Å². The van der Waals surface area contributed by atoms with E-state index in [0.717, 1.165) is 42.3 Å². The average molecular weight is 620 g/mol. The van der Waals surface area contributed by atoms with Crippen LogP contribution in [0.5, 0.6) is 0 Å². The van der Waals surface area contributed by atoms with Crippen molar-refractivity contribution in [1.29, 1.82) is 0 Å². The molecule has 1 saturated heterocycles. The van der Waals surface area contributed by atoms with Gasteiger partial charge in [0.05, 0.1) is 36.1 Å². The normalized spacial score (nSPS) is 19.5. The quantitative estimate of drug-likeness (QED) is 0.231. The topological polar surface area (TPSA) is 124 Å². The molecule has 0 radical (unpaired) electrons. The third-order valence-corrected chi connectivity index (χ3v) is 8.26. The van der Waals surface area contributed by atoms with Crippen LogP contribution in [0, 0.1) is 6.92 Å². The summed E-state index contributed by atoms with van der Waals surface area (Å²) in [5.74, 6) is 1.32. The number of carbonyl (C=O) groups excluding carboxylic acids is 1. The van der Waals surface area contributed by atoms with Crippen molar-refractivity contribution in [2.45, 2.75) is 97.9 Å². The first-order chi connectivity index (χ1) is 21.4. The summed E-state index contributed by atoms with van der Waals surface area (Å²) < 4.78 is 12.8.